The molecule has 1 atom stereocenters. The van der Waals surface area contributed by atoms with Crippen molar-refractivity contribution in [3.05, 3.63) is 23.8 Å². The molecule has 0 bridgehead atoms. The lowest BCUT2D eigenvalue weighted by Gasteiger charge is -2.18. The first-order valence-electron chi connectivity index (χ1n) is 7.09. The van der Waals surface area contributed by atoms with Gasteiger partial charge in [0.05, 0.1) is 12.2 Å². The average molecular weight is 289 g/mol. The zero-order chi connectivity index (χ0) is 14.8. The zero-order valence-electron chi connectivity index (χ0n) is 11.6. The lowest BCUT2D eigenvalue weighted by Crippen LogP contribution is -2.33. The normalized spacial score (nSPS) is 21.0. The first-order chi connectivity index (χ1) is 10.2. The van der Waals surface area contributed by atoms with Crippen molar-refractivity contribution >= 4 is 11.8 Å². The van der Waals surface area contributed by atoms with Gasteiger partial charge in [-0.05, 0) is 31.0 Å². The Balaban J connectivity index is 1.91. The van der Waals surface area contributed by atoms with Crippen LogP contribution in [-0.4, -0.2) is 42.5 Å². The standard InChI is InChI=1S/C15H17N2O4/c16-14(18)12-6-9-20-13-10(4-3-5-11(13)21-12)15(19)17-7-1-2-8-17/h4-5,12H,1-2,6-9H2,(H2,16,18). The van der Waals surface area contributed by atoms with Gasteiger partial charge in [0, 0.05) is 19.5 Å². The van der Waals surface area contributed by atoms with Crippen LogP contribution < -0.4 is 15.2 Å². The molecule has 1 saturated heterocycles. The first kappa shape index (κ1) is 13.7. The Morgan fingerprint density at radius 3 is 2.76 bits per heavy atom. The van der Waals surface area contributed by atoms with Crippen LogP contribution in [0.3, 0.4) is 0 Å². The van der Waals surface area contributed by atoms with E-state index in [1.807, 2.05) is 0 Å². The van der Waals surface area contributed by atoms with Crippen molar-refractivity contribution in [2.45, 2.75) is 25.4 Å². The summed E-state index contributed by atoms with van der Waals surface area (Å²) < 4.78 is 11.2. The van der Waals surface area contributed by atoms with E-state index >= 15 is 0 Å². The predicted octanol–water partition coefficient (Wildman–Crippen LogP) is 0.738. The summed E-state index contributed by atoms with van der Waals surface area (Å²) in [4.78, 5) is 25.6. The SMILES string of the molecule is NC(=O)C1CCOc2c(c[c]cc2C(=O)N2CCCC2)O1. The van der Waals surface area contributed by atoms with Crippen molar-refractivity contribution in [2.24, 2.45) is 5.73 Å². The molecule has 3 rings (SSSR count). The largest absolute Gasteiger partial charge is 0.489 e. The summed E-state index contributed by atoms with van der Waals surface area (Å²) in [5.41, 5.74) is 5.72. The summed E-state index contributed by atoms with van der Waals surface area (Å²) in [7, 11) is 0. The fourth-order valence-corrected chi connectivity index (χ4v) is 2.63. The topological polar surface area (TPSA) is 81.9 Å². The third kappa shape index (κ3) is 2.66. The Hall–Kier alpha value is -2.24. The minimum Gasteiger partial charge on any atom is -0.489 e. The Morgan fingerprint density at radius 2 is 2.05 bits per heavy atom. The van der Waals surface area contributed by atoms with E-state index < -0.39 is 12.0 Å². The van der Waals surface area contributed by atoms with Crippen molar-refractivity contribution in [2.75, 3.05) is 19.7 Å². The molecule has 6 nitrogen and oxygen atoms in total. The maximum atomic E-state index is 12.5. The number of primary amides is 1. The van der Waals surface area contributed by atoms with Crippen LogP contribution in [0.4, 0.5) is 0 Å². The molecule has 0 spiro atoms. The van der Waals surface area contributed by atoms with Crippen molar-refractivity contribution in [1.82, 2.24) is 4.90 Å². The number of amides is 2. The fraction of sp³-hybridized carbons (Fsp3) is 0.467. The van der Waals surface area contributed by atoms with Gasteiger partial charge in [-0.1, -0.05) is 0 Å². The number of benzene rings is 1. The Labute approximate surface area is 122 Å². The Kier molecular flexibility index (Phi) is 3.68. The molecular formula is C15H17N2O4. The number of nitrogens with zero attached hydrogens (tertiary/aromatic N) is 1. The minimum atomic E-state index is -0.739. The van der Waals surface area contributed by atoms with Gasteiger partial charge in [0.15, 0.2) is 17.6 Å². The van der Waals surface area contributed by atoms with Crippen LogP contribution in [-0.2, 0) is 4.79 Å². The van der Waals surface area contributed by atoms with E-state index in [2.05, 4.69) is 6.07 Å². The van der Waals surface area contributed by atoms with Gasteiger partial charge in [-0.3, -0.25) is 9.59 Å². The molecule has 1 radical (unpaired) electrons. The van der Waals surface area contributed by atoms with Gasteiger partial charge in [0.1, 0.15) is 0 Å². The number of carbonyl (C=O) groups excluding carboxylic acids is 2. The van der Waals surface area contributed by atoms with Crippen LogP contribution in [0, 0.1) is 6.07 Å². The summed E-state index contributed by atoms with van der Waals surface area (Å²) in [6.07, 6.45) is 1.66. The molecule has 111 valence electrons. The van der Waals surface area contributed by atoms with Gasteiger partial charge in [0.2, 0.25) is 0 Å². The predicted molar refractivity (Wildman–Crippen MR) is 74.1 cm³/mol. The minimum absolute atomic E-state index is 0.0817. The fourth-order valence-electron chi connectivity index (χ4n) is 2.63. The summed E-state index contributed by atoms with van der Waals surface area (Å²) >= 11 is 0. The van der Waals surface area contributed by atoms with Crippen LogP contribution in [0.5, 0.6) is 11.5 Å². The van der Waals surface area contributed by atoms with Gasteiger partial charge < -0.3 is 20.1 Å². The number of likely N-dealkylation sites (tertiary alicyclic amines) is 1. The van der Waals surface area contributed by atoms with E-state index in [1.165, 1.54) is 0 Å². The maximum Gasteiger partial charge on any atom is 0.258 e. The Morgan fingerprint density at radius 1 is 1.29 bits per heavy atom. The molecule has 2 heterocycles. The smallest absolute Gasteiger partial charge is 0.258 e. The monoisotopic (exact) mass is 289 g/mol. The molecular weight excluding hydrogens is 272 g/mol. The van der Waals surface area contributed by atoms with Crippen molar-refractivity contribution in [1.29, 1.82) is 0 Å². The van der Waals surface area contributed by atoms with Crippen LogP contribution >= 0.6 is 0 Å². The number of rotatable bonds is 2. The lowest BCUT2D eigenvalue weighted by atomic mass is 10.1. The third-order valence-electron chi connectivity index (χ3n) is 3.75. The number of carbonyl (C=O) groups is 2. The summed E-state index contributed by atoms with van der Waals surface area (Å²) in [5.74, 6) is 0.111. The van der Waals surface area contributed by atoms with Crippen molar-refractivity contribution in [3.8, 4) is 11.5 Å². The second-order valence-electron chi connectivity index (χ2n) is 5.21. The average Bonchev–Trinajstić information content (AvgIpc) is 2.91. The highest BCUT2D eigenvalue weighted by atomic mass is 16.5. The molecule has 1 aromatic rings. The van der Waals surface area contributed by atoms with Gasteiger partial charge in [-0.25, -0.2) is 0 Å². The molecule has 1 unspecified atom stereocenters. The number of fused-ring (bicyclic) bond motifs is 1. The van der Waals surface area contributed by atoms with Crippen molar-refractivity contribution < 1.29 is 19.1 Å². The molecule has 0 aliphatic carbocycles. The highest BCUT2D eigenvalue weighted by Gasteiger charge is 2.29. The number of ether oxygens (including phenoxy) is 2. The van der Waals surface area contributed by atoms with E-state index in [0.29, 0.717) is 23.5 Å². The van der Waals surface area contributed by atoms with E-state index in [-0.39, 0.29) is 12.5 Å². The quantitative estimate of drug-likeness (QED) is 0.870. The van der Waals surface area contributed by atoms with Gasteiger partial charge in [-0.2, -0.15) is 0 Å². The molecule has 0 saturated carbocycles. The Bertz CT molecular complexity index is 567. The molecule has 2 amide bonds. The van der Waals surface area contributed by atoms with Gasteiger partial charge in [-0.15, -0.1) is 0 Å². The van der Waals surface area contributed by atoms with Gasteiger partial charge >= 0.3 is 0 Å². The molecule has 0 aromatic heterocycles. The number of nitrogens with two attached hydrogens (primary N) is 1. The second kappa shape index (κ2) is 5.63. The molecule has 21 heavy (non-hydrogen) atoms. The maximum absolute atomic E-state index is 12.5. The summed E-state index contributed by atoms with van der Waals surface area (Å²) in [5, 5.41) is 0. The second-order valence-corrected chi connectivity index (χ2v) is 5.21. The summed E-state index contributed by atoms with van der Waals surface area (Å²) in [6.45, 7) is 1.80. The van der Waals surface area contributed by atoms with E-state index in [1.54, 1.807) is 17.0 Å². The highest BCUT2D eigenvalue weighted by molar-refractivity contribution is 5.98. The number of hydrogen-bond donors (Lipinski definition) is 1. The molecule has 2 aliphatic rings. The third-order valence-corrected chi connectivity index (χ3v) is 3.75. The lowest BCUT2D eigenvalue weighted by molar-refractivity contribution is -0.124. The molecule has 1 aromatic carbocycles. The highest BCUT2D eigenvalue weighted by Crippen LogP contribution is 2.35. The van der Waals surface area contributed by atoms with Gasteiger partial charge in [0.25, 0.3) is 11.8 Å². The van der Waals surface area contributed by atoms with Crippen LogP contribution in [0.2, 0.25) is 0 Å². The molecule has 2 aliphatic heterocycles. The molecule has 6 heteroatoms. The molecule has 1 fully saturated rings. The van der Waals surface area contributed by atoms with E-state index in [9.17, 15) is 9.59 Å². The van der Waals surface area contributed by atoms with Crippen LogP contribution in [0.25, 0.3) is 0 Å². The van der Waals surface area contributed by atoms with E-state index in [4.69, 9.17) is 15.2 Å². The molecule has 2 N–H and O–H groups in total. The van der Waals surface area contributed by atoms with Crippen LogP contribution in [0.15, 0.2) is 12.1 Å². The first-order valence-corrected chi connectivity index (χ1v) is 7.09. The number of hydrogen-bond acceptors (Lipinski definition) is 4. The van der Waals surface area contributed by atoms with E-state index in [0.717, 1.165) is 25.9 Å². The van der Waals surface area contributed by atoms with Crippen LogP contribution in [0.1, 0.15) is 29.6 Å². The van der Waals surface area contributed by atoms with Crippen molar-refractivity contribution in [3.63, 3.8) is 0 Å². The summed E-state index contributed by atoms with van der Waals surface area (Å²) in [6, 6.07) is 6.05. The zero-order valence-corrected chi connectivity index (χ0v) is 11.6.